The highest BCUT2D eigenvalue weighted by molar-refractivity contribution is 8.00. The largest absolute Gasteiger partial charge is 0.454 e. The van der Waals surface area contributed by atoms with E-state index >= 15 is 0 Å². The van der Waals surface area contributed by atoms with E-state index in [1.54, 1.807) is 54.7 Å². The first-order valence-electron chi connectivity index (χ1n) is 13.0. The lowest BCUT2D eigenvalue weighted by Crippen LogP contribution is -2.31. The molecule has 5 aromatic rings. The number of aromatic nitrogens is 1. The third kappa shape index (κ3) is 5.42. The quantitative estimate of drug-likeness (QED) is 0.136. The van der Waals surface area contributed by atoms with Crippen LogP contribution in [0.15, 0.2) is 114 Å². The van der Waals surface area contributed by atoms with Gasteiger partial charge in [0.25, 0.3) is 0 Å². The molecule has 0 bridgehead atoms. The van der Waals surface area contributed by atoms with Crippen LogP contribution in [0.5, 0.6) is 0 Å². The summed E-state index contributed by atoms with van der Waals surface area (Å²) in [5.74, 6) is -1.65. The highest BCUT2D eigenvalue weighted by Crippen LogP contribution is 2.36. The summed E-state index contributed by atoms with van der Waals surface area (Å²) in [6.07, 6.45) is 1.80. The molecule has 4 aromatic carbocycles. The number of imide groups is 1. The van der Waals surface area contributed by atoms with Crippen molar-refractivity contribution in [3.05, 3.63) is 120 Å². The normalized spacial score (nSPS) is 14.9. The lowest BCUT2D eigenvalue weighted by Gasteiger charge is -2.16. The number of Topliss-reactive ketones (excluding diaryl/α,β-unsaturated/α-hetero) is 1. The Labute approximate surface area is 240 Å². The maximum atomic E-state index is 13.3. The average Bonchev–Trinajstić information content (AvgIpc) is 3.59. The summed E-state index contributed by atoms with van der Waals surface area (Å²) in [6, 6.07) is 31.0. The second-order valence-electron chi connectivity index (χ2n) is 9.57. The van der Waals surface area contributed by atoms with Gasteiger partial charge in [0, 0.05) is 28.6 Å². The number of ether oxygens (including phenoxy) is 1. The summed E-state index contributed by atoms with van der Waals surface area (Å²) < 4.78 is 5.37. The van der Waals surface area contributed by atoms with Gasteiger partial charge in [-0.25, -0.2) is 9.69 Å². The van der Waals surface area contributed by atoms with E-state index in [9.17, 15) is 19.2 Å². The van der Waals surface area contributed by atoms with Gasteiger partial charge >= 0.3 is 5.97 Å². The average molecular weight is 561 g/mol. The number of esters is 1. The van der Waals surface area contributed by atoms with Crippen molar-refractivity contribution in [1.82, 2.24) is 4.98 Å². The molecule has 0 saturated carbocycles. The van der Waals surface area contributed by atoms with Gasteiger partial charge in [0.05, 0.1) is 16.5 Å². The Morgan fingerprint density at radius 1 is 0.854 bits per heavy atom. The number of anilines is 1. The number of rotatable bonds is 8. The zero-order valence-corrected chi connectivity index (χ0v) is 22.6. The fraction of sp³-hybridized carbons (Fsp3) is 0.0909. The number of amides is 2. The summed E-state index contributed by atoms with van der Waals surface area (Å²) in [7, 11) is 0. The molecule has 1 saturated heterocycles. The van der Waals surface area contributed by atoms with Gasteiger partial charge in [-0.2, -0.15) is 0 Å². The van der Waals surface area contributed by atoms with Crippen molar-refractivity contribution in [3.8, 4) is 11.1 Å². The molecule has 1 atom stereocenters. The number of aromatic amines is 1. The highest BCUT2D eigenvalue weighted by Gasteiger charge is 2.40. The van der Waals surface area contributed by atoms with Gasteiger partial charge in [-0.3, -0.25) is 14.4 Å². The van der Waals surface area contributed by atoms with Crippen LogP contribution in [0, 0.1) is 0 Å². The van der Waals surface area contributed by atoms with Gasteiger partial charge in [-0.1, -0.05) is 72.8 Å². The third-order valence-corrected chi connectivity index (χ3v) is 8.19. The SMILES string of the molecule is O=C(COC(=O)c1ccccc1SC1CC(=O)N(c2ccc3cc[nH]c3c2)C1=O)c1ccc(-c2ccccc2)cc1. The van der Waals surface area contributed by atoms with E-state index in [4.69, 9.17) is 4.74 Å². The Bertz CT molecular complexity index is 1780. The number of hydrogen-bond acceptors (Lipinski definition) is 6. The Hall–Kier alpha value is -4.95. The van der Waals surface area contributed by atoms with Crippen LogP contribution in [0.4, 0.5) is 5.69 Å². The summed E-state index contributed by atoms with van der Waals surface area (Å²) >= 11 is 1.15. The first-order chi connectivity index (χ1) is 20.0. The van der Waals surface area contributed by atoms with Gasteiger partial charge in [0.1, 0.15) is 0 Å². The predicted molar refractivity (Wildman–Crippen MR) is 158 cm³/mol. The summed E-state index contributed by atoms with van der Waals surface area (Å²) in [4.78, 5) is 56.6. The molecule has 0 spiro atoms. The third-order valence-electron chi connectivity index (χ3n) is 6.93. The molecule has 1 aromatic heterocycles. The van der Waals surface area contributed by atoms with E-state index in [0.29, 0.717) is 16.1 Å². The van der Waals surface area contributed by atoms with Crippen molar-refractivity contribution < 1.29 is 23.9 Å². The zero-order valence-electron chi connectivity index (χ0n) is 21.8. The Kier molecular flexibility index (Phi) is 7.22. The van der Waals surface area contributed by atoms with E-state index in [1.165, 1.54) is 4.90 Å². The minimum atomic E-state index is -0.694. The van der Waals surface area contributed by atoms with Gasteiger partial charge in [-0.15, -0.1) is 11.8 Å². The molecular formula is C33H24N2O5S. The van der Waals surface area contributed by atoms with Crippen LogP contribution in [-0.2, 0) is 14.3 Å². The smallest absolute Gasteiger partial charge is 0.339 e. The van der Waals surface area contributed by atoms with Crippen molar-refractivity contribution in [2.24, 2.45) is 0 Å². The van der Waals surface area contributed by atoms with Crippen LogP contribution in [0.1, 0.15) is 27.1 Å². The molecule has 202 valence electrons. The highest BCUT2D eigenvalue weighted by atomic mass is 32.2. The number of ketones is 1. The molecule has 7 nitrogen and oxygen atoms in total. The van der Waals surface area contributed by atoms with E-state index in [-0.39, 0.29) is 29.6 Å². The van der Waals surface area contributed by atoms with E-state index < -0.39 is 17.8 Å². The van der Waals surface area contributed by atoms with Crippen LogP contribution < -0.4 is 4.90 Å². The molecule has 8 heteroatoms. The topological polar surface area (TPSA) is 96.5 Å². The van der Waals surface area contributed by atoms with Gasteiger partial charge < -0.3 is 9.72 Å². The zero-order chi connectivity index (χ0) is 28.3. The Morgan fingerprint density at radius 3 is 2.39 bits per heavy atom. The number of H-pyrrole nitrogens is 1. The monoisotopic (exact) mass is 560 g/mol. The lowest BCUT2D eigenvalue weighted by molar-refractivity contribution is -0.121. The maximum absolute atomic E-state index is 13.3. The van der Waals surface area contributed by atoms with E-state index in [2.05, 4.69) is 4.98 Å². The Balaban J connectivity index is 1.11. The predicted octanol–water partition coefficient (Wildman–Crippen LogP) is 6.30. The van der Waals surface area contributed by atoms with Crippen molar-refractivity contribution in [2.45, 2.75) is 16.6 Å². The van der Waals surface area contributed by atoms with Crippen molar-refractivity contribution in [1.29, 1.82) is 0 Å². The number of carbonyl (C=O) groups excluding carboxylic acids is 4. The summed E-state index contributed by atoms with van der Waals surface area (Å²) in [5, 5.41) is 0.287. The number of nitrogens with zero attached hydrogens (tertiary/aromatic N) is 1. The first-order valence-corrected chi connectivity index (χ1v) is 13.9. The van der Waals surface area contributed by atoms with Crippen LogP contribution >= 0.6 is 11.8 Å². The summed E-state index contributed by atoms with van der Waals surface area (Å²) in [6.45, 7) is -0.418. The van der Waals surface area contributed by atoms with Crippen molar-refractivity contribution in [3.63, 3.8) is 0 Å². The second kappa shape index (κ2) is 11.3. The number of carbonyl (C=O) groups is 4. The van der Waals surface area contributed by atoms with Crippen LogP contribution in [0.25, 0.3) is 22.0 Å². The van der Waals surface area contributed by atoms with E-state index in [0.717, 1.165) is 33.8 Å². The molecule has 2 heterocycles. The van der Waals surface area contributed by atoms with Gasteiger partial charge in [0.2, 0.25) is 11.8 Å². The number of hydrogen-bond donors (Lipinski definition) is 1. The maximum Gasteiger partial charge on any atom is 0.339 e. The standard InChI is InChI=1S/C33H24N2O5S/c36-28(24-12-10-22(11-13-24)21-6-2-1-3-7-21)20-40-33(39)26-8-4-5-9-29(26)41-30-19-31(37)35(32(30)38)25-15-14-23-16-17-34-27(23)18-25/h1-18,30,34H,19-20H2. The van der Waals surface area contributed by atoms with Gasteiger partial charge in [-0.05, 0) is 46.8 Å². The van der Waals surface area contributed by atoms with Crippen LogP contribution in [-0.4, -0.2) is 40.4 Å². The molecular weight excluding hydrogens is 536 g/mol. The minimum Gasteiger partial charge on any atom is -0.454 e. The molecule has 1 N–H and O–H groups in total. The van der Waals surface area contributed by atoms with Crippen LogP contribution in [0.2, 0.25) is 0 Å². The number of thioether (sulfide) groups is 1. The molecule has 0 aliphatic carbocycles. The fourth-order valence-corrected chi connectivity index (χ4v) is 5.98. The molecule has 1 unspecified atom stereocenters. The molecule has 1 aliphatic heterocycles. The first kappa shape index (κ1) is 26.3. The molecule has 6 rings (SSSR count). The molecule has 1 fully saturated rings. The molecule has 2 amide bonds. The lowest BCUT2D eigenvalue weighted by atomic mass is 10.0. The summed E-state index contributed by atoms with van der Waals surface area (Å²) in [5.41, 5.74) is 4.02. The fourth-order valence-electron chi connectivity index (χ4n) is 4.80. The van der Waals surface area contributed by atoms with Crippen molar-refractivity contribution >= 4 is 51.9 Å². The van der Waals surface area contributed by atoms with Crippen molar-refractivity contribution in [2.75, 3.05) is 11.5 Å². The van der Waals surface area contributed by atoms with Gasteiger partial charge in [0.15, 0.2) is 12.4 Å². The number of fused-ring (bicyclic) bond motifs is 1. The Morgan fingerprint density at radius 2 is 1.59 bits per heavy atom. The van der Waals surface area contributed by atoms with Crippen LogP contribution in [0.3, 0.4) is 0 Å². The molecule has 1 aliphatic rings. The number of benzene rings is 4. The number of nitrogens with one attached hydrogen (secondary N) is 1. The molecule has 41 heavy (non-hydrogen) atoms. The second-order valence-corrected chi connectivity index (χ2v) is 10.8. The molecule has 0 radical (unpaired) electrons. The van der Waals surface area contributed by atoms with E-state index in [1.807, 2.05) is 54.6 Å². The minimum absolute atomic E-state index is 0.00705.